The normalized spacial score (nSPS) is 11.9. The first-order valence-corrected chi connectivity index (χ1v) is 6.99. The Balaban J connectivity index is 2.30. The Morgan fingerprint density at radius 2 is 2.15 bits per heavy atom. The van der Waals surface area contributed by atoms with Gasteiger partial charge in [0.1, 0.15) is 5.01 Å². The van der Waals surface area contributed by atoms with Gasteiger partial charge in [0.2, 0.25) is 0 Å². The van der Waals surface area contributed by atoms with E-state index in [1.807, 2.05) is 29.9 Å². The van der Waals surface area contributed by atoms with Crippen LogP contribution in [0.4, 0.5) is 0 Å². The molecule has 102 valence electrons. The van der Waals surface area contributed by atoms with E-state index in [1.54, 1.807) is 36.0 Å². The fourth-order valence-corrected chi connectivity index (χ4v) is 3.05. The Morgan fingerprint density at radius 1 is 1.35 bits per heavy atom. The molecule has 0 atom stereocenters. The van der Waals surface area contributed by atoms with Gasteiger partial charge in [0.15, 0.2) is 0 Å². The molecule has 0 saturated heterocycles. The van der Waals surface area contributed by atoms with Crippen LogP contribution in [-0.4, -0.2) is 25.6 Å². The molecule has 0 spiro atoms. The third kappa shape index (κ3) is 1.80. The summed E-state index contributed by atoms with van der Waals surface area (Å²) >= 11 is 1.54. The molecule has 20 heavy (non-hydrogen) atoms. The average Bonchev–Trinajstić information content (AvgIpc) is 3.07. The lowest BCUT2D eigenvalue weighted by molar-refractivity contribution is 0.0698. The van der Waals surface area contributed by atoms with Crippen molar-refractivity contribution in [2.75, 3.05) is 0 Å². The summed E-state index contributed by atoms with van der Waals surface area (Å²) in [7, 11) is 0. The fraction of sp³-hybridized carbons (Fsp3) is 0.214. The highest BCUT2D eigenvalue weighted by atomic mass is 32.1. The number of aromatic nitrogens is 3. The number of hydrogen-bond acceptors (Lipinski definition) is 4. The molecule has 0 saturated carbocycles. The largest absolute Gasteiger partial charge is 0.478 e. The highest BCUT2D eigenvalue weighted by Crippen LogP contribution is 2.31. The minimum atomic E-state index is -0.952. The van der Waals surface area contributed by atoms with Crippen LogP contribution in [0.5, 0.6) is 0 Å². The molecule has 6 heteroatoms. The van der Waals surface area contributed by atoms with Crippen LogP contribution in [0.15, 0.2) is 36.1 Å². The van der Waals surface area contributed by atoms with Gasteiger partial charge in [-0.2, -0.15) is 0 Å². The summed E-state index contributed by atoms with van der Waals surface area (Å²) in [5.41, 5.74) is 1.11. The number of nitrogens with zero attached hydrogens (tertiary/aromatic N) is 3. The van der Waals surface area contributed by atoms with Gasteiger partial charge in [0, 0.05) is 11.6 Å². The average molecular weight is 287 g/mol. The lowest BCUT2D eigenvalue weighted by Gasteiger charge is -2.25. The molecule has 0 unspecified atom stereocenters. The van der Waals surface area contributed by atoms with Crippen LogP contribution in [0, 0.1) is 0 Å². The van der Waals surface area contributed by atoms with Gasteiger partial charge in [-0.05, 0) is 26.0 Å². The Morgan fingerprint density at radius 3 is 2.80 bits per heavy atom. The number of fused-ring (bicyclic) bond motifs is 1. The molecule has 0 fully saturated rings. The second-order valence-corrected chi connectivity index (χ2v) is 5.88. The van der Waals surface area contributed by atoms with Crippen molar-refractivity contribution in [3.63, 3.8) is 0 Å². The highest BCUT2D eigenvalue weighted by molar-refractivity contribution is 7.09. The Kier molecular flexibility index (Phi) is 2.83. The number of imidazole rings is 1. The van der Waals surface area contributed by atoms with Gasteiger partial charge in [-0.1, -0.05) is 6.07 Å². The van der Waals surface area contributed by atoms with E-state index >= 15 is 0 Å². The Labute approximate surface area is 119 Å². The zero-order valence-electron chi connectivity index (χ0n) is 11.1. The minimum Gasteiger partial charge on any atom is -0.478 e. The summed E-state index contributed by atoms with van der Waals surface area (Å²) in [5, 5.41) is 12.2. The quantitative estimate of drug-likeness (QED) is 0.804. The standard InChI is InChI=1S/C14H13N3O2S/c1-14(2,13-15-6-7-20-13)17-8-16-10-5-3-4-9(11(10)17)12(18)19/h3-8H,1-2H3,(H,18,19). The van der Waals surface area contributed by atoms with E-state index in [4.69, 9.17) is 0 Å². The maximum absolute atomic E-state index is 11.4. The first kappa shape index (κ1) is 12.8. The van der Waals surface area contributed by atoms with Gasteiger partial charge in [-0.25, -0.2) is 14.8 Å². The molecule has 0 radical (unpaired) electrons. The van der Waals surface area contributed by atoms with Crippen LogP contribution in [0.25, 0.3) is 11.0 Å². The molecule has 0 aliphatic heterocycles. The predicted molar refractivity (Wildman–Crippen MR) is 77.2 cm³/mol. The van der Waals surface area contributed by atoms with E-state index < -0.39 is 11.5 Å². The predicted octanol–water partition coefficient (Wildman–Crippen LogP) is 2.97. The van der Waals surface area contributed by atoms with Crippen LogP contribution >= 0.6 is 11.3 Å². The van der Waals surface area contributed by atoms with Gasteiger partial charge in [0.05, 0.1) is 28.5 Å². The fourth-order valence-electron chi connectivity index (χ4n) is 2.29. The molecule has 2 heterocycles. The van der Waals surface area contributed by atoms with Crippen LogP contribution in [0.2, 0.25) is 0 Å². The summed E-state index contributed by atoms with van der Waals surface area (Å²) in [6.45, 7) is 4.01. The Hall–Kier alpha value is -2.21. The minimum absolute atomic E-state index is 0.254. The molecule has 0 amide bonds. The number of aromatic carboxylic acids is 1. The summed E-state index contributed by atoms with van der Waals surface area (Å²) in [4.78, 5) is 20.1. The van der Waals surface area contributed by atoms with Crippen molar-refractivity contribution < 1.29 is 9.90 Å². The van der Waals surface area contributed by atoms with Crippen LogP contribution < -0.4 is 0 Å². The lowest BCUT2D eigenvalue weighted by atomic mass is 10.0. The third-order valence-electron chi connectivity index (χ3n) is 3.36. The van der Waals surface area contributed by atoms with Gasteiger partial charge >= 0.3 is 5.97 Å². The molecular weight excluding hydrogens is 274 g/mol. The Bertz CT molecular complexity index is 775. The number of carbonyl (C=O) groups is 1. The number of hydrogen-bond donors (Lipinski definition) is 1. The number of thiazole rings is 1. The SMILES string of the molecule is CC(C)(c1nccs1)n1cnc2cccc(C(=O)O)c21. The van der Waals surface area contributed by atoms with Gasteiger partial charge < -0.3 is 9.67 Å². The zero-order valence-corrected chi connectivity index (χ0v) is 11.9. The molecule has 3 rings (SSSR count). The molecule has 3 aromatic rings. The summed E-state index contributed by atoms with van der Waals surface area (Å²) in [5.74, 6) is -0.952. The maximum Gasteiger partial charge on any atom is 0.337 e. The van der Waals surface area contributed by atoms with Gasteiger partial charge in [-0.3, -0.25) is 0 Å². The van der Waals surface area contributed by atoms with E-state index in [9.17, 15) is 9.90 Å². The number of rotatable bonds is 3. The monoisotopic (exact) mass is 287 g/mol. The number of carboxylic acid groups (broad SMARTS) is 1. The summed E-state index contributed by atoms with van der Waals surface area (Å²) in [6, 6.07) is 5.12. The molecule has 0 aliphatic carbocycles. The van der Waals surface area contributed by atoms with Crippen molar-refractivity contribution in [3.8, 4) is 0 Å². The van der Waals surface area contributed by atoms with E-state index in [2.05, 4.69) is 9.97 Å². The lowest BCUT2D eigenvalue weighted by Crippen LogP contribution is -2.27. The first-order chi connectivity index (χ1) is 9.51. The first-order valence-electron chi connectivity index (χ1n) is 6.11. The van der Waals surface area contributed by atoms with E-state index in [-0.39, 0.29) is 5.56 Å². The third-order valence-corrected chi connectivity index (χ3v) is 4.44. The van der Waals surface area contributed by atoms with E-state index in [0.29, 0.717) is 11.0 Å². The second-order valence-electron chi connectivity index (χ2n) is 4.99. The van der Waals surface area contributed by atoms with Crippen LogP contribution in [0.1, 0.15) is 29.2 Å². The molecular formula is C14H13N3O2S. The molecule has 1 N–H and O–H groups in total. The molecule has 5 nitrogen and oxygen atoms in total. The molecule has 1 aromatic carbocycles. The van der Waals surface area contributed by atoms with Crippen molar-refractivity contribution in [3.05, 3.63) is 46.7 Å². The number of carboxylic acids is 1. The molecule has 0 bridgehead atoms. The topological polar surface area (TPSA) is 68.0 Å². The zero-order chi connectivity index (χ0) is 14.3. The van der Waals surface area contributed by atoms with Crippen molar-refractivity contribution in [1.29, 1.82) is 0 Å². The van der Waals surface area contributed by atoms with Crippen molar-refractivity contribution in [2.45, 2.75) is 19.4 Å². The second kappa shape index (κ2) is 4.42. The smallest absolute Gasteiger partial charge is 0.337 e. The van der Waals surface area contributed by atoms with Gasteiger partial charge in [0.25, 0.3) is 0 Å². The molecule has 0 aliphatic rings. The van der Waals surface area contributed by atoms with Crippen LogP contribution in [-0.2, 0) is 5.54 Å². The number of benzene rings is 1. The van der Waals surface area contributed by atoms with Crippen molar-refractivity contribution in [1.82, 2.24) is 14.5 Å². The van der Waals surface area contributed by atoms with E-state index in [0.717, 1.165) is 5.01 Å². The molecule has 2 aromatic heterocycles. The van der Waals surface area contributed by atoms with Crippen LogP contribution in [0.3, 0.4) is 0 Å². The number of para-hydroxylation sites is 1. The maximum atomic E-state index is 11.4. The summed E-state index contributed by atoms with van der Waals surface area (Å²) in [6.07, 6.45) is 3.43. The van der Waals surface area contributed by atoms with Crippen molar-refractivity contribution in [2.24, 2.45) is 0 Å². The summed E-state index contributed by atoms with van der Waals surface area (Å²) < 4.78 is 1.88. The highest BCUT2D eigenvalue weighted by Gasteiger charge is 2.28. The van der Waals surface area contributed by atoms with Gasteiger partial charge in [-0.15, -0.1) is 11.3 Å². The van der Waals surface area contributed by atoms with Crippen molar-refractivity contribution >= 4 is 28.3 Å². The van der Waals surface area contributed by atoms with E-state index in [1.165, 1.54) is 0 Å².